The standard InChI is InChI=1S/C15H19NO3S/c1-13-5-7-14(8-6-13)20(17,18)19-12-15(11-16)9-3-2-4-10-15/h5-8H,2-4,9-10,12H2,1H3. The zero-order valence-corrected chi connectivity index (χ0v) is 12.4. The van der Waals surface area contributed by atoms with Gasteiger partial charge in [-0.3, -0.25) is 4.18 Å². The molecule has 0 heterocycles. The summed E-state index contributed by atoms with van der Waals surface area (Å²) >= 11 is 0. The lowest BCUT2D eigenvalue weighted by Gasteiger charge is -2.29. The lowest BCUT2D eigenvalue weighted by molar-refractivity contribution is 0.155. The average molecular weight is 293 g/mol. The van der Waals surface area contributed by atoms with Crippen LogP contribution >= 0.6 is 0 Å². The van der Waals surface area contributed by atoms with Crippen molar-refractivity contribution in [3.05, 3.63) is 29.8 Å². The minimum Gasteiger partial charge on any atom is -0.265 e. The number of hydrogen-bond acceptors (Lipinski definition) is 4. The molecule has 0 spiro atoms. The van der Waals surface area contributed by atoms with Crippen LogP contribution in [-0.2, 0) is 14.3 Å². The molecule has 108 valence electrons. The van der Waals surface area contributed by atoms with E-state index in [4.69, 9.17) is 4.18 Å². The highest BCUT2D eigenvalue weighted by atomic mass is 32.2. The summed E-state index contributed by atoms with van der Waals surface area (Å²) in [6.45, 7) is 1.85. The van der Waals surface area contributed by atoms with E-state index < -0.39 is 15.5 Å². The Labute approximate surface area is 120 Å². The van der Waals surface area contributed by atoms with Crippen molar-refractivity contribution in [2.45, 2.75) is 43.9 Å². The molecule has 20 heavy (non-hydrogen) atoms. The van der Waals surface area contributed by atoms with Crippen molar-refractivity contribution in [1.82, 2.24) is 0 Å². The third-order valence-electron chi connectivity index (χ3n) is 3.85. The van der Waals surface area contributed by atoms with E-state index in [-0.39, 0.29) is 11.5 Å². The van der Waals surface area contributed by atoms with Crippen LogP contribution in [0.25, 0.3) is 0 Å². The summed E-state index contributed by atoms with van der Waals surface area (Å²) in [5.41, 5.74) is 0.348. The summed E-state index contributed by atoms with van der Waals surface area (Å²) in [7, 11) is -3.78. The second-order valence-corrected chi connectivity index (χ2v) is 7.10. The predicted octanol–water partition coefficient (Wildman–Crippen LogP) is 3.17. The number of nitriles is 1. The van der Waals surface area contributed by atoms with Crippen LogP contribution in [-0.4, -0.2) is 15.0 Å². The largest absolute Gasteiger partial charge is 0.297 e. The van der Waals surface area contributed by atoms with E-state index in [1.54, 1.807) is 12.1 Å². The normalized spacial score (nSPS) is 18.4. The average Bonchev–Trinajstić information content (AvgIpc) is 2.47. The van der Waals surface area contributed by atoms with E-state index in [9.17, 15) is 13.7 Å². The molecule has 0 aliphatic heterocycles. The van der Waals surface area contributed by atoms with Crippen LogP contribution in [0.5, 0.6) is 0 Å². The summed E-state index contributed by atoms with van der Waals surface area (Å²) in [6.07, 6.45) is 4.46. The molecule has 1 aliphatic carbocycles. The van der Waals surface area contributed by atoms with Gasteiger partial charge < -0.3 is 0 Å². The Morgan fingerprint density at radius 3 is 2.35 bits per heavy atom. The molecule has 1 aromatic carbocycles. The van der Waals surface area contributed by atoms with Crippen LogP contribution in [0.3, 0.4) is 0 Å². The SMILES string of the molecule is Cc1ccc(S(=O)(=O)OCC2(C#N)CCCCC2)cc1. The Balaban J connectivity index is 2.09. The molecule has 0 atom stereocenters. The molecule has 0 aromatic heterocycles. The number of hydrogen-bond donors (Lipinski definition) is 0. The molecular weight excluding hydrogens is 274 g/mol. The van der Waals surface area contributed by atoms with Crippen LogP contribution in [0.4, 0.5) is 0 Å². The lowest BCUT2D eigenvalue weighted by atomic mass is 9.76. The number of nitrogens with zero attached hydrogens (tertiary/aromatic N) is 1. The van der Waals surface area contributed by atoms with E-state index >= 15 is 0 Å². The van der Waals surface area contributed by atoms with Crippen molar-refractivity contribution in [2.24, 2.45) is 5.41 Å². The molecule has 2 rings (SSSR count). The van der Waals surface area contributed by atoms with Gasteiger partial charge in [-0.05, 0) is 31.9 Å². The first kappa shape index (κ1) is 15.0. The van der Waals surface area contributed by atoms with Crippen LogP contribution < -0.4 is 0 Å². The highest BCUT2D eigenvalue weighted by molar-refractivity contribution is 7.86. The van der Waals surface area contributed by atoms with Crippen molar-refractivity contribution in [1.29, 1.82) is 5.26 Å². The van der Waals surface area contributed by atoms with E-state index in [2.05, 4.69) is 6.07 Å². The summed E-state index contributed by atoms with van der Waals surface area (Å²) in [5, 5.41) is 9.32. The van der Waals surface area contributed by atoms with Gasteiger partial charge in [0.05, 0.1) is 23.0 Å². The minimum absolute atomic E-state index is 0.0420. The number of benzene rings is 1. The Morgan fingerprint density at radius 1 is 1.20 bits per heavy atom. The molecule has 0 N–H and O–H groups in total. The molecule has 1 aromatic rings. The molecule has 0 unspecified atom stereocenters. The van der Waals surface area contributed by atoms with Crippen molar-refractivity contribution in [2.75, 3.05) is 6.61 Å². The van der Waals surface area contributed by atoms with Gasteiger partial charge in [0.1, 0.15) is 0 Å². The minimum atomic E-state index is -3.78. The zero-order chi connectivity index (χ0) is 14.6. The number of rotatable bonds is 4. The molecule has 1 aliphatic rings. The van der Waals surface area contributed by atoms with E-state index in [1.807, 2.05) is 6.92 Å². The van der Waals surface area contributed by atoms with Gasteiger partial charge >= 0.3 is 0 Å². The highest BCUT2D eigenvalue weighted by Crippen LogP contribution is 2.36. The fourth-order valence-electron chi connectivity index (χ4n) is 2.48. The molecule has 0 amide bonds. The molecular formula is C15H19NO3S. The van der Waals surface area contributed by atoms with Gasteiger partial charge in [0.2, 0.25) is 0 Å². The van der Waals surface area contributed by atoms with Crippen LogP contribution in [0, 0.1) is 23.7 Å². The molecule has 4 nitrogen and oxygen atoms in total. The van der Waals surface area contributed by atoms with Crippen molar-refractivity contribution >= 4 is 10.1 Å². The molecule has 0 radical (unpaired) electrons. The molecule has 0 saturated heterocycles. The second kappa shape index (κ2) is 5.94. The highest BCUT2D eigenvalue weighted by Gasteiger charge is 2.34. The summed E-state index contributed by atoms with van der Waals surface area (Å²) in [5.74, 6) is 0. The lowest BCUT2D eigenvalue weighted by Crippen LogP contribution is -2.29. The molecule has 1 fully saturated rings. The third-order valence-corrected chi connectivity index (χ3v) is 5.13. The Bertz CT molecular complexity index is 593. The summed E-state index contributed by atoms with van der Waals surface area (Å²) in [6, 6.07) is 8.79. The van der Waals surface area contributed by atoms with Crippen molar-refractivity contribution < 1.29 is 12.6 Å². The van der Waals surface area contributed by atoms with Crippen molar-refractivity contribution in [3.8, 4) is 6.07 Å². The van der Waals surface area contributed by atoms with Crippen LogP contribution in [0.15, 0.2) is 29.2 Å². The topological polar surface area (TPSA) is 67.2 Å². The maximum absolute atomic E-state index is 12.1. The smallest absolute Gasteiger partial charge is 0.265 e. The maximum atomic E-state index is 12.1. The molecule has 0 bridgehead atoms. The fourth-order valence-corrected chi connectivity index (χ4v) is 3.47. The van der Waals surface area contributed by atoms with E-state index in [0.717, 1.165) is 24.8 Å². The monoisotopic (exact) mass is 293 g/mol. The first-order valence-electron chi connectivity index (χ1n) is 6.85. The zero-order valence-electron chi connectivity index (χ0n) is 11.6. The Kier molecular flexibility index (Phi) is 4.46. The first-order valence-corrected chi connectivity index (χ1v) is 8.26. The van der Waals surface area contributed by atoms with Gasteiger partial charge in [0.15, 0.2) is 0 Å². The number of aryl methyl sites for hydroxylation is 1. The Morgan fingerprint density at radius 2 is 1.80 bits per heavy atom. The van der Waals surface area contributed by atoms with Gasteiger partial charge in [0.25, 0.3) is 10.1 Å². The predicted molar refractivity (Wildman–Crippen MR) is 75.4 cm³/mol. The van der Waals surface area contributed by atoms with Gasteiger partial charge in [-0.2, -0.15) is 13.7 Å². The third kappa shape index (κ3) is 3.38. The van der Waals surface area contributed by atoms with E-state index in [1.165, 1.54) is 12.1 Å². The quantitative estimate of drug-likeness (QED) is 0.800. The molecule has 1 saturated carbocycles. The second-order valence-electron chi connectivity index (χ2n) is 5.48. The Hall–Kier alpha value is -1.38. The van der Waals surface area contributed by atoms with Crippen LogP contribution in [0.1, 0.15) is 37.7 Å². The van der Waals surface area contributed by atoms with Crippen LogP contribution in [0.2, 0.25) is 0 Å². The molecule has 5 heteroatoms. The van der Waals surface area contributed by atoms with Gasteiger partial charge in [-0.15, -0.1) is 0 Å². The van der Waals surface area contributed by atoms with Crippen molar-refractivity contribution in [3.63, 3.8) is 0 Å². The fraction of sp³-hybridized carbons (Fsp3) is 0.533. The first-order chi connectivity index (χ1) is 9.47. The maximum Gasteiger partial charge on any atom is 0.297 e. The van der Waals surface area contributed by atoms with E-state index in [0.29, 0.717) is 12.8 Å². The van der Waals surface area contributed by atoms with Gasteiger partial charge in [-0.1, -0.05) is 37.0 Å². The summed E-state index contributed by atoms with van der Waals surface area (Å²) < 4.78 is 29.4. The van der Waals surface area contributed by atoms with Gasteiger partial charge in [0, 0.05) is 0 Å². The summed E-state index contributed by atoms with van der Waals surface area (Å²) in [4.78, 5) is 0.145. The van der Waals surface area contributed by atoms with Gasteiger partial charge in [-0.25, -0.2) is 0 Å².